The Labute approximate surface area is 119 Å². The lowest BCUT2D eigenvalue weighted by Crippen LogP contribution is -2.31. The van der Waals surface area contributed by atoms with Gasteiger partial charge in [0.2, 0.25) is 0 Å². The standard InChI is InChI=1S/C16H21ClFN/c1-19-15(16-11-4-2-3-5-12(11)16)9-10-6-7-14(18)13(17)8-10/h6-8,11-12,15-16,19H,2-5,9H2,1H3. The molecule has 0 heterocycles. The quantitative estimate of drug-likeness (QED) is 0.878. The van der Waals surface area contributed by atoms with Crippen LogP contribution in [0.4, 0.5) is 4.39 Å². The summed E-state index contributed by atoms with van der Waals surface area (Å²) in [5.74, 6) is 2.35. The van der Waals surface area contributed by atoms with Crippen molar-refractivity contribution in [1.29, 1.82) is 0 Å². The van der Waals surface area contributed by atoms with Crippen LogP contribution >= 0.6 is 11.6 Å². The van der Waals surface area contributed by atoms with Crippen LogP contribution in [0.25, 0.3) is 0 Å². The smallest absolute Gasteiger partial charge is 0.141 e. The fourth-order valence-corrected chi connectivity index (χ4v) is 4.20. The Kier molecular flexibility index (Phi) is 3.81. The van der Waals surface area contributed by atoms with E-state index in [0.29, 0.717) is 6.04 Å². The van der Waals surface area contributed by atoms with Gasteiger partial charge in [-0.15, -0.1) is 0 Å². The minimum Gasteiger partial charge on any atom is -0.316 e. The molecule has 0 amide bonds. The second-order valence-electron chi connectivity index (χ2n) is 6.04. The number of rotatable bonds is 4. The Bertz CT molecular complexity index is 450. The first-order valence-electron chi connectivity index (χ1n) is 7.32. The van der Waals surface area contributed by atoms with Crippen LogP contribution in [0.1, 0.15) is 31.2 Å². The van der Waals surface area contributed by atoms with Gasteiger partial charge in [0, 0.05) is 6.04 Å². The molecule has 1 N–H and O–H groups in total. The normalized spacial score (nSPS) is 30.8. The first-order valence-corrected chi connectivity index (χ1v) is 7.69. The molecule has 0 saturated heterocycles. The van der Waals surface area contributed by atoms with E-state index in [-0.39, 0.29) is 10.8 Å². The van der Waals surface area contributed by atoms with Gasteiger partial charge in [0.1, 0.15) is 5.82 Å². The third-order valence-electron chi connectivity index (χ3n) is 5.00. The average molecular weight is 282 g/mol. The van der Waals surface area contributed by atoms with E-state index in [9.17, 15) is 4.39 Å². The number of nitrogens with one attached hydrogen (secondary N) is 1. The lowest BCUT2D eigenvalue weighted by Gasteiger charge is -2.17. The predicted molar refractivity (Wildman–Crippen MR) is 76.9 cm³/mol. The minimum atomic E-state index is -0.327. The van der Waals surface area contributed by atoms with Crippen LogP contribution in [0.5, 0.6) is 0 Å². The molecule has 1 aromatic carbocycles. The topological polar surface area (TPSA) is 12.0 Å². The molecule has 2 aliphatic carbocycles. The largest absolute Gasteiger partial charge is 0.316 e. The molecule has 3 rings (SSSR count). The van der Waals surface area contributed by atoms with Gasteiger partial charge in [0.15, 0.2) is 0 Å². The highest BCUT2D eigenvalue weighted by atomic mass is 35.5. The maximum atomic E-state index is 13.2. The molecule has 1 aromatic rings. The third kappa shape index (κ3) is 2.66. The Hall–Kier alpha value is -0.600. The Morgan fingerprint density at radius 3 is 2.58 bits per heavy atom. The molecule has 19 heavy (non-hydrogen) atoms. The number of benzene rings is 1. The Balaban J connectivity index is 1.68. The number of hydrogen-bond acceptors (Lipinski definition) is 1. The zero-order valence-electron chi connectivity index (χ0n) is 11.3. The molecule has 1 nitrogen and oxygen atoms in total. The number of hydrogen-bond donors (Lipinski definition) is 1. The number of fused-ring (bicyclic) bond motifs is 1. The summed E-state index contributed by atoms with van der Waals surface area (Å²) in [6.07, 6.45) is 6.55. The molecule has 3 heteroatoms. The van der Waals surface area contributed by atoms with Gasteiger partial charge >= 0.3 is 0 Å². The highest BCUT2D eigenvalue weighted by Crippen LogP contribution is 2.57. The fourth-order valence-electron chi connectivity index (χ4n) is 4.00. The van der Waals surface area contributed by atoms with Gasteiger partial charge in [-0.05, 0) is 61.8 Å². The Morgan fingerprint density at radius 1 is 1.32 bits per heavy atom. The molecule has 2 aliphatic rings. The summed E-state index contributed by atoms with van der Waals surface area (Å²) < 4.78 is 13.2. The number of halogens is 2. The first kappa shape index (κ1) is 13.4. The highest BCUT2D eigenvalue weighted by Gasteiger charge is 2.53. The number of likely N-dealkylation sites (N-methyl/N-ethyl adjacent to an activating group) is 1. The molecule has 0 aliphatic heterocycles. The molecule has 0 spiro atoms. The van der Waals surface area contributed by atoms with E-state index in [2.05, 4.69) is 5.32 Å². The van der Waals surface area contributed by atoms with Gasteiger partial charge in [-0.2, -0.15) is 0 Å². The van der Waals surface area contributed by atoms with E-state index < -0.39 is 0 Å². The van der Waals surface area contributed by atoms with Crippen LogP contribution in [0.15, 0.2) is 18.2 Å². The van der Waals surface area contributed by atoms with E-state index in [4.69, 9.17) is 11.6 Å². The summed E-state index contributed by atoms with van der Waals surface area (Å²) in [7, 11) is 2.04. The SMILES string of the molecule is CNC(Cc1ccc(F)c(Cl)c1)C1C2CCCCC21. The zero-order valence-corrected chi connectivity index (χ0v) is 12.1. The van der Waals surface area contributed by atoms with Gasteiger partial charge in [-0.1, -0.05) is 30.5 Å². The molecule has 0 aromatic heterocycles. The van der Waals surface area contributed by atoms with Crippen molar-refractivity contribution in [1.82, 2.24) is 5.32 Å². The molecule has 2 fully saturated rings. The average Bonchev–Trinajstić information content (AvgIpc) is 3.14. The van der Waals surface area contributed by atoms with Crippen molar-refractivity contribution >= 4 is 11.6 Å². The molecule has 0 bridgehead atoms. The Morgan fingerprint density at radius 2 is 2.00 bits per heavy atom. The van der Waals surface area contributed by atoms with Crippen LogP contribution in [0.2, 0.25) is 5.02 Å². The van der Waals surface area contributed by atoms with Crippen LogP contribution in [0, 0.1) is 23.6 Å². The van der Waals surface area contributed by atoms with Gasteiger partial charge in [-0.3, -0.25) is 0 Å². The fraction of sp³-hybridized carbons (Fsp3) is 0.625. The van der Waals surface area contributed by atoms with Crippen LogP contribution in [0.3, 0.4) is 0 Å². The lowest BCUT2D eigenvalue weighted by atomic mass is 10.00. The van der Waals surface area contributed by atoms with Crippen molar-refractivity contribution in [3.63, 3.8) is 0 Å². The molecule has 104 valence electrons. The van der Waals surface area contributed by atoms with Crippen molar-refractivity contribution in [3.8, 4) is 0 Å². The maximum Gasteiger partial charge on any atom is 0.141 e. The summed E-state index contributed by atoms with van der Waals surface area (Å²) in [4.78, 5) is 0. The molecule has 3 atom stereocenters. The molecular formula is C16H21ClFN. The molecular weight excluding hydrogens is 261 g/mol. The van der Waals surface area contributed by atoms with Crippen LogP contribution in [-0.4, -0.2) is 13.1 Å². The summed E-state index contributed by atoms with van der Waals surface area (Å²) in [5, 5.41) is 3.70. The van der Waals surface area contributed by atoms with E-state index in [1.54, 1.807) is 6.07 Å². The molecule has 0 radical (unpaired) electrons. The van der Waals surface area contributed by atoms with Gasteiger partial charge in [0.25, 0.3) is 0 Å². The summed E-state index contributed by atoms with van der Waals surface area (Å²) >= 11 is 5.86. The van der Waals surface area contributed by atoms with E-state index in [1.807, 2.05) is 13.1 Å². The maximum absolute atomic E-state index is 13.2. The van der Waals surface area contributed by atoms with Crippen molar-refractivity contribution < 1.29 is 4.39 Å². The van der Waals surface area contributed by atoms with Gasteiger partial charge in [-0.25, -0.2) is 4.39 Å². The van der Waals surface area contributed by atoms with E-state index >= 15 is 0 Å². The van der Waals surface area contributed by atoms with Crippen molar-refractivity contribution in [2.75, 3.05) is 7.05 Å². The van der Waals surface area contributed by atoms with Crippen LogP contribution in [-0.2, 0) is 6.42 Å². The predicted octanol–water partition coefficient (Wildman–Crippen LogP) is 4.05. The first-order chi connectivity index (χ1) is 9.20. The highest BCUT2D eigenvalue weighted by molar-refractivity contribution is 6.30. The monoisotopic (exact) mass is 281 g/mol. The molecule has 3 unspecified atom stereocenters. The van der Waals surface area contributed by atoms with Gasteiger partial charge in [0.05, 0.1) is 5.02 Å². The minimum absolute atomic E-state index is 0.237. The zero-order chi connectivity index (χ0) is 13.4. The lowest BCUT2D eigenvalue weighted by molar-refractivity contribution is 0.459. The van der Waals surface area contributed by atoms with Gasteiger partial charge < -0.3 is 5.32 Å². The van der Waals surface area contributed by atoms with E-state index in [1.165, 1.54) is 31.7 Å². The molecule has 2 saturated carbocycles. The summed E-state index contributed by atoms with van der Waals surface area (Å²) in [5.41, 5.74) is 1.13. The van der Waals surface area contributed by atoms with E-state index in [0.717, 1.165) is 29.7 Å². The summed E-state index contributed by atoms with van der Waals surface area (Å²) in [6, 6.07) is 5.62. The van der Waals surface area contributed by atoms with Crippen molar-refractivity contribution in [2.24, 2.45) is 17.8 Å². The van der Waals surface area contributed by atoms with Crippen molar-refractivity contribution in [2.45, 2.75) is 38.1 Å². The second-order valence-corrected chi connectivity index (χ2v) is 6.44. The third-order valence-corrected chi connectivity index (χ3v) is 5.29. The summed E-state index contributed by atoms with van der Waals surface area (Å²) in [6.45, 7) is 0. The second kappa shape index (κ2) is 5.41. The van der Waals surface area contributed by atoms with Crippen LogP contribution < -0.4 is 5.32 Å². The van der Waals surface area contributed by atoms with Crippen molar-refractivity contribution in [3.05, 3.63) is 34.6 Å².